The molecule has 0 aliphatic heterocycles. The lowest BCUT2D eigenvalue weighted by Gasteiger charge is -2.19. The molecule has 1 amide bonds. The molecule has 0 aliphatic rings. The van der Waals surface area contributed by atoms with Crippen molar-refractivity contribution in [1.29, 1.82) is 0 Å². The molecule has 1 atom stereocenters. The summed E-state index contributed by atoms with van der Waals surface area (Å²) >= 11 is 11.5. The summed E-state index contributed by atoms with van der Waals surface area (Å²) in [5, 5.41) is 2.60. The molecule has 0 radical (unpaired) electrons. The van der Waals surface area contributed by atoms with Gasteiger partial charge in [0.2, 0.25) is 0 Å². The Morgan fingerprint density at radius 1 is 1.16 bits per heavy atom. The van der Waals surface area contributed by atoms with E-state index in [4.69, 9.17) is 27.9 Å². The van der Waals surface area contributed by atoms with Gasteiger partial charge in [0.1, 0.15) is 5.75 Å². The van der Waals surface area contributed by atoms with Crippen LogP contribution in [0.5, 0.6) is 5.75 Å². The number of halogens is 5. The fourth-order valence-corrected chi connectivity index (χ4v) is 2.45. The van der Waals surface area contributed by atoms with Crippen LogP contribution in [0.15, 0.2) is 42.5 Å². The molecule has 25 heavy (non-hydrogen) atoms. The summed E-state index contributed by atoms with van der Waals surface area (Å²) in [5.41, 5.74) is -1.40. The first-order valence-electron chi connectivity index (χ1n) is 7.30. The van der Waals surface area contributed by atoms with Gasteiger partial charge in [0, 0.05) is 10.0 Å². The number of carbonyl (C=O) groups excluding carboxylic acids is 1. The number of rotatable bonds is 5. The van der Waals surface area contributed by atoms with Crippen molar-refractivity contribution in [2.24, 2.45) is 0 Å². The predicted octanol–water partition coefficient (Wildman–Crippen LogP) is 5.81. The van der Waals surface area contributed by atoms with Gasteiger partial charge in [-0.25, -0.2) is 0 Å². The Morgan fingerprint density at radius 3 is 2.44 bits per heavy atom. The van der Waals surface area contributed by atoms with E-state index in [-0.39, 0.29) is 17.1 Å². The quantitative estimate of drug-likeness (QED) is 0.698. The highest BCUT2D eigenvalue weighted by Crippen LogP contribution is 2.36. The van der Waals surface area contributed by atoms with Gasteiger partial charge in [0.15, 0.2) is 6.10 Å². The molecule has 3 nitrogen and oxygen atoms in total. The summed E-state index contributed by atoms with van der Waals surface area (Å²) in [7, 11) is 0. The van der Waals surface area contributed by atoms with Crippen LogP contribution in [-0.2, 0) is 11.0 Å². The lowest BCUT2D eigenvalue weighted by molar-refractivity contribution is -0.137. The Kier molecular flexibility index (Phi) is 6.19. The molecule has 0 unspecified atom stereocenters. The summed E-state index contributed by atoms with van der Waals surface area (Å²) in [6.45, 7) is 1.68. The minimum Gasteiger partial charge on any atom is -0.481 e. The third kappa shape index (κ3) is 5.28. The minimum absolute atomic E-state index is 0.0763. The van der Waals surface area contributed by atoms with E-state index < -0.39 is 23.8 Å². The molecule has 2 aromatic carbocycles. The zero-order valence-electron chi connectivity index (χ0n) is 13.0. The molecule has 134 valence electrons. The van der Waals surface area contributed by atoms with Crippen molar-refractivity contribution < 1.29 is 22.7 Å². The molecule has 0 saturated carbocycles. The zero-order valence-corrected chi connectivity index (χ0v) is 14.5. The van der Waals surface area contributed by atoms with E-state index in [9.17, 15) is 18.0 Å². The van der Waals surface area contributed by atoms with Gasteiger partial charge in [-0.05, 0) is 42.8 Å². The maximum absolute atomic E-state index is 13.1. The van der Waals surface area contributed by atoms with Gasteiger partial charge in [-0.1, -0.05) is 36.2 Å². The Hall–Kier alpha value is -1.92. The van der Waals surface area contributed by atoms with Gasteiger partial charge >= 0.3 is 6.18 Å². The van der Waals surface area contributed by atoms with Crippen LogP contribution in [0.3, 0.4) is 0 Å². The first kappa shape index (κ1) is 19.4. The lowest BCUT2D eigenvalue weighted by atomic mass is 10.1. The number of benzene rings is 2. The van der Waals surface area contributed by atoms with Gasteiger partial charge in [0.05, 0.1) is 11.3 Å². The molecule has 2 rings (SSSR count). The molecule has 0 bridgehead atoms. The van der Waals surface area contributed by atoms with Gasteiger partial charge < -0.3 is 10.1 Å². The maximum Gasteiger partial charge on any atom is 0.418 e. The van der Waals surface area contributed by atoms with Crippen molar-refractivity contribution in [3.8, 4) is 5.75 Å². The summed E-state index contributed by atoms with van der Waals surface area (Å²) in [5.74, 6) is -0.350. The largest absolute Gasteiger partial charge is 0.481 e. The number of hydrogen-bond acceptors (Lipinski definition) is 2. The molecule has 0 spiro atoms. The molecule has 8 heteroatoms. The number of anilines is 1. The Bertz CT molecular complexity index is 766. The Morgan fingerprint density at radius 2 is 1.84 bits per heavy atom. The second-order valence-electron chi connectivity index (χ2n) is 5.15. The lowest BCUT2D eigenvalue weighted by Crippen LogP contribution is -2.33. The van der Waals surface area contributed by atoms with Crippen LogP contribution in [-0.4, -0.2) is 12.0 Å². The molecule has 0 aliphatic carbocycles. The predicted molar refractivity (Wildman–Crippen MR) is 91.2 cm³/mol. The van der Waals surface area contributed by atoms with E-state index >= 15 is 0 Å². The van der Waals surface area contributed by atoms with Crippen molar-refractivity contribution in [2.75, 3.05) is 5.32 Å². The van der Waals surface area contributed by atoms with E-state index in [2.05, 4.69) is 5.32 Å². The van der Waals surface area contributed by atoms with Crippen LogP contribution >= 0.6 is 23.2 Å². The van der Waals surface area contributed by atoms with E-state index in [1.165, 1.54) is 12.1 Å². The van der Waals surface area contributed by atoms with Crippen LogP contribution in [0.1, 0.15) is 18.9 Å². The summed E-state index contributed by atoms with van der Waals surface area (Å²) in [6, 6.07) is 9.53. The number of alkyl halides is 3. The van der Waals surface area contributed by atoms with Crippen molar-refractivity contribution in [3.63, 3.8) is 0 Å². The van der Waals surface area contributed by atoms with Crippen LogP contribution in [0, 0.1) is 0 Å². The monoisotopic (exact) mass is 391 g/mol. The normalized spacial score (nSPS) is 12.6. The third-order valence-corrected chi connectivity index (χ3v) is 3.75. The van der Waals surface area contributed by atoms with E-state index in [1.807, 2.05) is 0 Å². The maximum atomic E-state index is 13.1. The second kappa shape index (κ2) is 7.97. The van der Waals surface area contributed by atoms with Gasteiger partial charge in [-0.15, -0.1) is 0 Å². The van der Waals surface area contributed by atoms with Crippen LogP contribution < -0.4 is 10.1 Å². The first-order chi connectivity index (χ1) is 11.7. The topological polar surface area (TPSA) is 38.3 Å². The average molecular weight is 392 g/mol. The number of amides is 1. The summed E-state index contributed by atoms with van der Waals surface area (Å²) < 4.78 is 44.8. The highest BCUT2D eigenvalue weighted by Gasteiger charge is 2.34. The van der Waals surface area contributed by atoms with Crippen LogP contribution in [0.25, 0.3) is 0 Å². The molecule has 0 saturated heterocycles. The van der Waals surface area contributed by atoms with Gasteiger partial charge in [0.25, 0.3) is 5.91 Å². The van der Waals surface area contributed by atoms with Crippen molar-refractivity contribution >= 4 is 34.8 Å². The highest BCUT2D eigenvalue weighted by molar-refractivity contribution is 6.31. The smallest absolute Gasteiger partial charge is 0.418 e. The number of carbonyl (C=O) groups is 1. The van der Waals surface area contributed by atoms with Crippen LogP contribution in [0.4, 0.5) is 18.9 Å². The third-order valence-electron chi connectivity index (χ3n) is 3.28. The summed E-state index contributed by atoms with van der Waals surface area (Å²) in [6.07, 6.45) is -5.37. The molecule has 0 aromatic heterocycles. The van der Waals surface area contributed by atoms with Crippen molar-refractivity contribution in [2.45, 2.75) is 25.6 Å². The minimum atomic E-state index is -4.65. The Balaban J connectivity index is 2.20. The standard InChI is InChI=1S/C17H14Cl2F3NO2/c1-2-15(25-12-5-3-4-10(18)8-12)16(24)23-14-7-6-11(19)9-13(14)17(20,21)22/h3-9,15H,2H2,1H3,(H,23,24)/t15-/m1/s1. The van der Waals surface area contributed by atoms with Crippen molar-refractivity contribution in [3.05, 3.63) is 58.1 Å². The molecule has 0 fully saturated rings. The fraction of sp³-hybridized carbons (Fsp3) is 0.235. The Labute approximate surface area is 152 Å². The fourth-order valence-electron chi connectivity index (χ4n) is 2.10. The molecule has 0 heterocycles. The zero-order chi connectivity index (χ0) is 18.6. The van der Waals surface area contributed by atoms with Gasteiger partial charge in [-0.2, -0.15) is 13.2 Å². The summed E-state index contributed by atoms with van der Waals surface area (Å²) in [4.78, 5) is 12.3. The van der Waals surface area contributed by atoms with E-state index in [0.717, 1.165) is 12.1 Å². The number of nitrogens with one attached hydrogen (secondary N) is 1. The molecule has 1 N–H and O–H groups in total. The first-order valence-corrected chi connectivity index (χ1v) is 8.06. The molecule has 2 aromatic rings. The highest BCUT2D eigenvalue weighted by atomic mass is 35.5. The second-order valence-corrected chi connectivity index (χ2v) is 6.02. The van der Waals surface area contributed by atoms with Gasteiger partial charge in [-0.3, -0.25) is 4.79 Å². The SMILES string of the molecule is CC[C@@H](Oc1cccc(Cl)c1)C(=O)Nc1ccc(Cl)cc1C(F)(F)F. The average Bonchev–Trinajstić information content (AvgIpc) is 2.53. The van der Waals surface area contributed by atoms with E-state index in [1.54, 1.807) is 25.1 Å². The van der Waals surface area contributed by atoms with E-state index in [0.29, 0.717) is 10.8 Å². The van der Waals surface area contributed by atoms with Crippen LogP contribution in [0.2, 0.25) is 10.0 Å². The molecular formula is C17H14Cl2F3NO2. The van der Waals surface area contributed by atoms with Crippen molar-refractivity contribution in [1.82, 2.24) is 0 Å². The number of ether oxygens (including phenoxy) is 1. The number of hydrogen-bond donors (Lipinski definition) is 1. The molecular weight excluding hydrogens is 378 g/mol.